The van der Waals surface area contributed by atoms with E-state index in [-0.39, 0.29) is 5.91 Å². The van der Waals surface area contributed by atoms with Gasteiger partial charge in [-0.3, -0.25) is 4.79 Å². The Morgan fingerprint density at radius 1 is 1.14 bits per heavy atom. The van der Waals surface area contributed by atoms with Crippen LogP contribution in [-0.4, -0.2) is 31.4 Å². The van der Waals surface area contributed by atoms with E-state index in [0.717, 1.165) is 5.69 Å². The number of carbonyl (C=O) groups excluding carboxylic acids is 1. The number of amides is 1. The zero-order valence-corrected chi connectivity index (χ0v) is 16.6. The predicted molar refractivity (Wildman–Crippen MR) is 108 cm³/mol. The summed E-state index contributed by atoms with van der Waals surface area (Å²) in [6, 6.07) is 17.0. The van der Waals surface area contributed by atoms with E-state index in [0.29, 0.717) is 22.3 Å². The molecule has 1 aromatic heterocycles. The average molecular weight is 392 g/mol. The maximum absolute atomic E-state index is 12.6. The number of nitriles is 1. The summed E-state index contributed by atoms with van der Waals surface area (Å²) in [6.07, 6.45) is 0. The molecule has 7 nitrogen and oxygen atoms in total. The lowest BCUT2D eigenvalue weighted by Gasteiger charge is -2.13. The molecule has 28 heavy (non-hydrogen) atoms. The van der Waals surface area contributed by atoms with E-state index in [1.165, 1.54) is 17.3 Å². The molecule has 2 aromatic carbocycles. The lowest BCUT2D eigenvalue weighted by molar-refractivity contribution is -0.115. The van der Waals surface area contributed by atoms with Gasteiger partial charge in [-0.1, -0.05) is 49.9 Å². The van der Waals surface area contributed by atoms with Crippen LogP contribution in [0.1, 0.15) is 37.8 Å². The Labute approximate surface area is 167 Å². The van der Waals surface area contributed by atoms with Crippen LogP contribution in [0.2, 0.25) is 0 Å². The number of carbonyl (C=O) groups is 1. The monoisotopic (exact) mass is 392 g/mol. The van der Waals surface area contributed by atoms with Crippen molar-refractivity contribution < 1.29 is 4.79 Å². The van der Waals surface area contributed by atoms with Crippen molar-refractivity contribution in [3.8, 4) is 11.8 Å². The fourth-order valence-corrected chi connectivity index (χ4v) is 3.36. The van der Waals surface area contributed by atoms with Crippen LogP contribution in [0.5, 0.6) is 0 Å². The number of nitrogens with one attached hydrogen (secondary N) is 1. The topological polar surface area (TPSA) is 96.5 Å². The summed E-state index contributed by atoms with van der Waals surface area (Å²) >= 11 is 1.25. The van der Waals surface area contributed by atoms with Gasteiger partial charge in [0.15, 0.2) is 0 Å². The Bertz CT molecular complexity index is 1010. The number of anilines is 1. The summed E-state index contributed by atoms with van der Waals surface area (Å²) < 4.78 is 1.61. The van der Waals surface area contributed by atoms with Crippen molar-refractivity contribution in [2.45, 2.75) is 37.1 Å². The molecule has 0 aliphatic heterocycles. The van der Waals surface area contributed by atoms with Crippen LogP contribution in [0.25, 0.3) is 5.69 Å². The van der Waals surface area contributed by atoms with Crippen molar-refractivity contribution in [2.24, 2.45) is 0 Å². The van der Waals surface area contributed by atoms with Crippen molar-refractivity contribution in [2.75, 3.05) is 5.32 Å². The van der Waals surface area contributed by atoms with Gasteiger partial charge in [0.05, 0.1) is 22.2 Å². The Morgan fingerprint density at radius 2 is 1.86 bits per heavy atom. The van der Waals surface area contributed by atoms with E-state index < -0.39 is 5.25 Å². The smallest absolute Gasteiger partial charge is 0.237 e. The second-order valence-electron chi connectivity index (χ2n) is 6.53. The number of aromatic nitrogens is 4. The third-order valence-corrected chi connectivity index (χ3v) is 5.24. The maximum atomic E-state index is 12.6. The van der Waals surface area contributed by atoms with Gasteiger partial charge in [-0.05, 0) is 53.1 Å². The quantitative estimate of drug-likeness (QED) is 0.641. The highest BCUT2D eigenvalue weighted by Gasteiger charge is 2.20. The highest BCUT2D eigenvalue weighted by Crippen LogP contribution is 2.25. The minimum absolute atomic E-state index is 0.225. The summed E-state index contributed by atoms with van der Waals surface area (Å²) in [6.45, 7) is 6.05. The zero-order chi connectivity index (χ0) is 20.1. The molecule has 0 aliphatic carbocycles. The van der Waals surface area contributed by atoms with E-state index >= 15 is 0 Å². The van der Waals surface area contributed by atoms with Gasteiger partial charge in [-0.15, -0.1) is 5.10 Å². The molecule has 0 saturated carbocycles. The summed E-state index contributed by atoms with van der Waals surface area (Å²) in [5.41, 5.74) is 2.98. The third kappa shape index (κ3) is 4.38. The largest absolute Gasteiger partial charge is 0.324 e. The molecule has 3 aromatic rings. The number of hydrogen-bond acceptors (Lipinski definition) is 6. The first kappa shape index (κ1) is 19.6. The van der Waals surface area contributed by atoms with Gasteiger partial charge in [0.25, 0.3) is 0 Å². The van der Waals surface area contributed by atoms with Crippen molar-refractivity contribution in [1.82, 2.24) is 20.2 Å². The third-order valence-electron chi connectivity index (χ3n) is 4.20. The van der Waals surface area contributed by atoms with Crippen LogP contribution in [0, 0.1) is 11.3 Å². The number of rotatable bonds is 6. The molecule has 0 unspecified atom stereocenters. The zero-order valence-electron chi connectivity index (χ0n) is 15.8. The van der Waals surface area contributed by atoms with Crippen molar-refractivity contribution in [3.05, 3.63) is 59.7 Å². The minimum atomic E-state index is -0.452. The Morgan fingerprint density at radius 3 is 2.54 bits per heavy atom. The molecule has 1 atom stereocenters. The highest BCUT2D eigenvalue weighted by atomic mass is 32.2. The van der Waals surface area contributed by atoms with E-state index in [1.54, 1.807) is 35.9 Å². The fourth-order valence-electron chi connectivity index (χ4n) is 2.55. The average Bonchev–Trinajstić information content (AvgIpc) is 3.16. The molecule has 142 valence electrons. The minimum Gasteiger partial charge on any atom is -0.324 e. The first-order valence-electron chi connectivity index (χ1n) is 8.85. The summed E-state index contributed by atoms with van der Waals surface area (Å²) in [7, 11) is 0. The van der Waals surface area contributed by atoms with Gasteiger partial charge in [-0.25, -0.2) is 0 Å². The van der Waals surface area contributed by atoms with Gasteiger partial charge >= 0.3 is 0 Å². The SMILES string of the molecule is CC(C)c1ccc(-n2nnnc2S[C@H](C)C(=O)Nc2ccccc2C#N)cc1. The molecule has 0 bridgehead atoms. The lowest BCUT2D eigenvalue weighted by atomic mass is 10.0. The molecule has 0 fully saturated rings. The Balaban J connectivity index is 1.73. The lowest BCUT2D eigenvalue weighted by Crippen LogP contribution is -2.23. The Kier molecular flexibility index (Phi) is 6.06. The van der Waals surface area contributed by atoms with Gasteiger partial charge in [0, 0.05) is 0 Å². The van der Waals surface area contributed by atoms with Crippen LogP contribution >= 0.6 is 11.8 Å². The first-order chi connectivity index (χ1) is 13.5. The van der Waals surface area contributed by atoms with Gasteiger partial charge in [-0.2, -0.15) is 9.94 Å². The van der Waals surface area contributed by atoms with E-state index in [2.05, 4.69) is 40.8 Å². The highest BCUT2D eigenvalue weighted by molar-refractivity contribution is 8.00. The van der Waals surface area contributed by atoms with Crippen LogP contribution in [0.15, 0.2) is 53.7 Å². The summed E-state index contributed by atoms with van der Waals surface area (Å²) in [5, 5.41) is 23.9. The fraction of sp³-hybridized carbons (Fsp3) is 0.250. The molecule has 0 saturated heterocycles. The van der Waals surface area contributed by atoms with Crippen LogP contribution in [0.4, 0.5) is 5.69 Å². The van der Waals surface area contributed by atoms with Crippen molar-refractivity contribution in [1.29, 1.82) is 5.26 Å². The molecule has 3 rings (SSSR count). The maximum Gasteiger partial charge on any atom is 0.237 e. The molecule has 1 heterocycles. The number of hydrogen-bond donors (Lipinski definition) is 1. The second kappa shape index (κ2) is 8.67. The first-order valence-corrected chi connectivity index (χ1v) is 9.73. The standard InChI is InChI=1S/C20H20N6OS/c1-13(2)15-8-10-17(11-9-15)26-20(23-24-25-26)28-14(3)19(27)22-18-7-5-4-6-16(18)12-21/h4-11,13-14H,1-3H3,(H,22,27)/t14-/m1/s1. The number of nitrogens with zero attached hydrogens (tertiary/aromatic N) is 5. The molecular weight excluding hydrogens is 372 g/mol. The number of benzene rings is 2. The normalized spacial score (nSPS) is 11.8. The van der Waals surface area contributed by atoms with Crippen molar-refractivity contribution >= 4 is 23.4 Å². The van der Waals surface area contributed by atoms with Gasteiger partial charge in [0.1, 0.15) is 6.07 Å². The molecule has 8 heteroatoms. The van der Waals surface area contributed by atoms with E-state index in [9.17, 15) is 4.79 Å². The summed E-state index contributed by atoms with van der Waals surface area (Å²) in [4.78, 5) is 12.6. The molecular formula is C20H20N6OS. The number of tetrazole rings is 1. The van der Waals surface area contributed by atoms with Gasteiger partial charge in [0.2, 0.25) is 11.1 Å². The molecule has 0 spiro atoms. The second-order valence-corrected chi connectivity index (χ2v) is 7.83. The van der Waals surface area contributed by atoms with Gasteiger partial charge < -0.3 is 5.32 Å². The molecule has 1 N–H and O–H groups in total. The predicted octanol–water partition coefficient (Wildman–Crippen LogP) is 3.78. The summed E-state index contributed by atoms with van der Waals surface area (Å²) in [5.74, 6) is 0.217. The molecule has 1 amide bonds. The van der Waals surface area contributed by atoms with Crippen molar-refractivity contribution in [3.63, 3.8) is 0 Å². The Hall–Kier alpha value is -3.18. The molecule has 0 aliphatic rings. The molecule has 0 radical (unpaired) electrons. The van der Waals surface area contributed by atoms with Crippen LogP contribution in [0.3, 0.4) is 0 Å². The van der Waals surface area contributed by atoms with Crippen LogP contribution < -0.4 is 5.32 Å². The number of thioether (sulfide) groups is 1. The van der Waals surface area contributed by atoms with Crippen LogP contribution in [-0.2, 0) is 4.79 Å². The van der Waals surface area contributed by atoms with E-state index in [1.807, 2.05) is 24.3 Å². The number of para-hydroxylation sites is 1. The van der Waals surface area contributed by atoms with E-state index in [4.69, 9.17) is 5.26 Å².